The Morgan fingerprint density at radius 1 is 1.21 bits per heavy atom. The van der Waals surface area contributed by atoms with Crippen molar-refractivity contribution in [3.63, 3.8) is 0 Å². The number of carbonyl (C=O) groups excluding carboxylic acids is 1. The van der Waals surface area contributed by atoms with Crippen molar-refractivity contribution in [2.24, 2.45) is 0 Å². The molecule has 19 heavy (non-hydrogen) atoms. The van der Waals surface area contributed by atoms with E-state index in [9.17, 15) is 9.90 Å². The molecule has 0 saturated heterocycles. The van der Waals surface area contributed by atoms with E-state index < -0.39 is 6.10 Å². The van der Waals surface area contributed by atoms with Crippen molar-refractivity contribution in [2.75, 3.05) is 5.32 Å². The second-order valence-corrected chi connectivity index (χ2v) is 6.15. The number of amides is 1. The van der Waals surface area contributed by atoms with Crippen molar-refractivity contribution in [1.29, 1.82) is 0 Å². The van der Waals surface area contributed by atoms with E-state index >= 15 is 0 Å². The van der Waals surface area contributed by atoms with Gasteiger partial charge in [0.1, 0.15) is 0 Å². The average molecular weight is 336 g/mol. The van der Waals surface area contributed by atoms with Crippen LogP contribution in [0.3, 0.4) is 0 Å². The van der Waals surface area contributed by atoms with Crippen LogP contribution in [0, 0.1) is 0 Å². The van der Waals surface area contributed by atoms with Crippen molar-refractivity contribution in [3.05, 3.63) is 52.5 Å². The maximum absolute atomic E-state index is 11.4. The molecule has 2 aromatic carbocycles. The zero-order valence-electron chi connectivity index (χ0n) is 9.76. The molecule has 1 aliphatic heterocycles. The first-order valence-electron chi connectivity index (χ1n) is 5.70. The molecule has 0 fully saturated rings. The summed E-state index contributed by atoms with van der Waals surface area (Å²) in [7, 11) is 0. The van der Waals surface area contributed by atoms with Crippen LogP contribution in [0.2, 0.25) is 0 Å². The molecule has 1 amide bonds. The van der Waals surface area contributed by atoms with Crippen LogP contribution in [-0.4, -0.2) is 11.0 Å². The van der Waals surface area contributed by atoms with E-state index in [-0.39, 0.29) is 5.91 Å². The second-order valence-electron chi connectivity index (χ2n) is 4.18. The lowest BCUT2D eigenvalue weighted by Crippen LogP contribution is -2.10. The van der Waals surface area contributed by atoms with E-state index in [1.807, 2.05) is 36.4 Å². The molecule has 96 valence electrons. The molecule has 3 rings (SSSR count). The molecule has 2 aromatic rings. The predicted molar refractivity (Wildman–Crippen MR) is 78.3 cm³/mol. The Morgan fingerprint density at radius 3 is 2.68 bits per heavy atom. The Labute approximate surface area is 123 Å². The third kappa shape index (κ3) is 2.41. The summed E-state index contributed by atoms with van der Waals surface area (Å²) in [6, 6.07) is 13.7. The van der Waals surface area contributed by atoms with Gasteiger partial charge in [-0.25, -0.2) is 0 Å². The fourth-order valence-electron chi connectivity index (χ4n) is 1.94. The molecule has 2 N–H and O–H groups in total. The zero-order chi connectivity index (χ0) is 13.4. The summed E-state index contributed by atoms with van der Waals surface area (Å²) in [5, 5.41) is 12.4. The van der Waals surface area contributed by atoms with Crippen molar-refractivity contribution < 1.29 is 9.90 Å². The molecule has 0 radical (unpaired) electrons. The van der Waals surface area contributed by atoms with Gasteiger partial charge in [0, 0.05) is 25.5 Å². The number of carbonyl (C=O) groups is 1. The van der Waals surface area contributed by atoms with E-state index in [1.165, 1.54) is 0 Å². The Hall–Kier alpha value is -1.30. The standard InChI is InChI=1S/C14H10BrNO2S/c15-10-6-9-11(16-14(18)13(9)17)7-12(10)19-8-4-2-1-3-5-8/h1-7,13,17H,(H,16,18). The van der Waals surface area contributed by atoms with E-state index in [0.29, 0.717) is 11.3 Å². The summed E-state index contributed by atoms with van der Waals surface area (Å²) in [6.45, 7) is 0. The van der Waals surface area contributed by atoms with Crippen molar-refractivity contribution in [3.8, 4) is 0 Å². The summed E-state index contributed by atoms with van der Waals surface area (Å²) in [5.41, 5.74) is 1.30. The van der Waals surface area contributed by atoms with Gasteiger partial charge in [-0.3, -0.25) is 4.79 Å². The molecule has 0 bridgehead atoms. The van der Waals surface area contributed by atoms with Crippen LogP contribution >= 0.6 is 27.7 Å². The molecule has 0 spiro atoms. The minimum absolute atomic E-state index is 0.372. The lowest BCUT2D eigenvalue weighted by molar-refractivity contribution is -0.123. The van der Waals surface area contributed by atoms with Crippen LogP contribution in [0.4, 0.5) is 5.69 Å². The maximum Gasteiger partial charge on any atom is 0.257 e. The topological polar surface area (TPSA) is 49.3 Å². The molecular formula is C14H10BrNO2S. The van der Waals surface area contributed by atoms with Crippen LogP contribution < -0.4 is 5.32 Å². The van der Waals surface area contributed by atoms with Gasteiger partial charge in [-0.1, -0.05) is 30.0 Å². The third-order valence-corrected chi connectivity index (χ3v) is 4.86. The van der Waals surface area contributed by atoms with Crippen LogP contribution in [0.25, 0.3) is 0 Å². The van der Waals surface area contributed by atoms with Gasteiger partial charge in [0.15, 0.2) is 6.10 Å². The largest absolute Gasteiger partial charge is 0.378 e. The minimum Gasteiger partial charge on any atom is -0.378 e. The SMILES string of the molecule is O=C1Nc2cc(Sc3ccccc3)c(Br)cc2C1O. The van der Waals surface area contributed by atoms with Crippen LogP contribution in [0.1, 0.15) is 11.7 Å². The summed E-state index contributed by atoms with van der Waals surface area (Å²) >= 11 is 5.09. The molecule has 0 saturated carbocycles. The Kier molecular flexibility index (Phi) is 3.35. The number of halogens is 1. The monoisotopic (exact) mass is 335 g/mol. The van der Waals surface area contributed by atoms with Gasteiger partial charge in [-0.2, -0.15) is 0 Å². The molecule has 0 aliphatic carbocycles. The third-order valence-electron chi connectivity index (χ3n) is 2.88. The molecular weight excluding hydrogens is 326 g/mol. The highest BCUT2D eigenvalue weighted by Crippen LogP contribution is 2.41. The van der Waals surface area contributed by atoms with Gasteiger partial charge >= 0.3 is 0 Å². The highest BCUT2D eigenvalue weighted by Gasteiger charge is 2.29. The fraction of sp³-hybridized carbons (Fsp3) is 0.0714. The Bertz CT molecular complexity index is 645. The van der Waals surface area contributed by atoms with Crippen molar-refractivity contribution in [1.82, 2.24) is 0 Å². The molecule has 5 heteroatoms. The second kappa shape index (κ2) is 5.00. The highest BCUT2D eigenvalue weighted by molar-refractivity contribution is 9.10. The molecule has 1 aliphatic rings. The van der Waals surface area contributed by atoms with Crippen molar-refractivity contribution >= 4 is 39.3 Å². The van der Waals surface area contributed by atoms with Gasteiger partial charge in [-0.15, -0.1) is 0 Å². The normalized spacial score (nSPS) is 17.2. The fourth-order valence-corrected chi connectivity index (χ4v) is 3.42. The first-order chi connectivity index (χ1) is 9.15. The number of hydrogen-bond donors (Lipinski definition) is 2. The minimum atomic E-state index is -1.07. The van der Waals surface area contributed by atoms with Gasteiger partial charge in [0.25, 0.3) is 5.91 Å². The summed E-state index contributed by atoms with van der Waals surface area (Å²) < 4.78 is 0.871. The number of aliphatic hydroxyl groups excluding tert-OH is 1. The first-order valence-corrected chi connectivity index (χ1v) is 7.31. The molecule has 1 unspecified atom stereocenters. The summed E-state index contributed by atoms with van der Waals surface area (Å²) in [6.07, 6.45) is -1.07. The van der Waals surface area contributed by atoms with Crippen LogP contribution in [0.5, 0.6) is 0 Å². The Balaban J connectivity index is 1.97. The summed E-state index contributed by atoms with van der Waals surface area (Å²) in [4.78, 5) is 13.5. The lowest BCUT2D eigenvalue weighted by Gasteiger charge is -2.08. The van der Waals surface area contributed by atoms with Crippen LogP contribution in [-0.2, 0) is 4.79 Å². The smallest absolute Gasteiger partial charge is 0.257 e. The molecule has 3 nitrogen and oxygen atoms in total. The van der Waals surface area contributed by atoms with Gasteiger partial charge < -0.3 is 10.4 Å². The van der Waals surface area contributed by atoms with Crippen LogP contribution in [0.15, 0.2) is 56.7 Å². The first kappa shape index (κ1) is 12.7. The molecule has 0 aromatic heterocycles. The quantitative estimate of drug-likeness (QED) is 0.881. The molecule has 1 heterocycles. The number of rotatable bonds is 2. The van der Waals surface area contributed by atoms with E-state index in [2.05, 4.69) is 21.2 Å². The number of hydrogen-bond acceptors (Lipinski definition) is 3. The number of fused-ring (bicyclic) bond motifs is 1. The maximum atomic E-state index is 11.4. The van der Waals surface area contributed by atoms with Gasteiger partial charge in [-0.05, 0) is 40.2 Å². The molecule has 1 atom stereocenters. The van der Waals surface area contributed by atoms with E-state index in [0.717, 1.165) is 14.3 Å². The zero-order valence-corrected chi connectivity index (χ0v) is 12.2. The lowest BCUT2D eigenvalue weighted by atomic mass is 10.1. The number of benzene rings is 2. The number of anilines is 1. The predicted octanol–water partition coefficient (Wildman–Crippen LogP) is 3.59. The Morgan fingerprint density at radius 2 is 1.95 bits per heavy atom. The summed E-state index contributed by atoms with van der Waals surface area (Å²) in [5.74, 6) is -0.372. The number of aliphatic hydroxyl groups is 1. The van der Waals surface area contributed by atoms with Gasteiger partial charge in [0.2, 0.25) is 0 Å². The van der Waals surface area contributed by atoms with E-state index in [1.54, 1.807) is 17.8 Å². The highest BCUT2D eigenvalue weighted by atomic mass is 79.9. The van der Waals surface area contributed by atoms with E-state index in [4.69, 9.17) is 0 Å². The average Bonchev–Trinajstić information content (AvgIpc) is 2.67. The van der Waals surface area contributed by atoms with Crippen molar-refractivity contribution in [2.45, 2.75) is 15.9 Å². The number of nitrogens with one attached hydrogen (secondary N) is 1. The van der Waals surface area contributed by atoms with Gasteiger partial charge in [0.05, 0.1) is 0 Å².